The highest BCUT2D eigenvalue weighted by atomic mass is 32.1. The molecule has 3 unspecified atom stereocenters. The topological polar surface area (TPSA) is 69.4 Å². The van der Waals surface area contributed by atoms with Crippen LogP contribution in [-0.4, -0.2) is 22.7 Å². The van der Waals surface area contributed by atoms with E-state index < -0.39 is 5.97 Å². The summed E-state index contributed by atoms with van der Waals surface area (Å²) in [5, 5.41) is 0. The van der Waals surface area contributed by atoms with Gasteiger partial charge in [0.1, 0.15) is 6.10 Å². The second kappa shape index (κ2) is 10.7. The van der Waals surface area contributed by atoms with Gasteiger partial charge in [-0.25, -0.2) is 4.79 Å². The average molecular weight is 538 g/mol. The monoisotopic (exact) mass is 537 g/mol. The first-order valence-electron chi connectivity index (χ1n) is 14.3. The lowest BCUT2D eigenvalue weighted by atomic mass is 9.70. The lowest BCUT2D eigenvalue weighted by Crippen LogP contribution is -2.33. The SMILES string of the molecule is Cc1ccc(CCc2cc(C(=O)OC3CCC4CCCCC4C3)c(N)c3c2C(=O)c2ccccc2C3=S)cc1. The van der Waals surface area contributed by atoms with Crippen molar-refractivity contribution in [2.75, 3.05) is 5.73 Å². The van der Waals surface area contributed by atoms with E-state index in [2.05, 4.69) is 31.2 Å². The molecular weight excluding hydrogens is 502 g/mol. The minimum Gasteiger partial charge on any atom is -0.459 e. The zero-order valence-corrected chi connectivity index (χ0v) is 23.3. The van der Waals surface area contributed by atoms with Crippen LogP contribution in [0, 0.1) is 18.8 Å². The van der Waals surface area contributed by atoms with E-state index in [0.717, 1.165) is 37.2 Å². The molecule has 0 aromatic heterocycles. The number of ether oxygens (including phenoxy) is 1. The number of hydrogen-bond donors (Lipinski definition) is 1. The number of nitrogens with two attached hydrogens (primary N) is 1. The second-order valence-electron chi connectivity index (χ2n) is 11.6. The fourth-order valence-electron chi connectivity index (χ4n) is 6.95. The molecule has 0 heterocycles. The van der Waals surface area contributed by atoms with Crippen molar-refractivity contribution in [3.05, 3.63) is 99.1 Å². The molecular formula is C34H35NO3S. The minimum atomic E-state index is -0.403. The number of esters is 1. The number of ketones is 1. The van der Waals surface area contributed by atoms with Crippen molar-refractivity contribution in [3.63, 3.8) is 0 Å². The molecule has 39 heavy (non-hydrogen) atoms. The van der Waals surface area contributed by atoms with Gasteiger partial charge >= 0.3 is 5.97 Å². The molecule has 0 spiro atoms. The quantitative estimate of drug-likeness (QED) is 0.166. The van der Waals surface area contributed by atoms with Gasteiger partial charge in [0.25, 0.3) is 0 Å². The molecule has 0 aliphatic heterocycles. The van der Waals surface area contributed by atoms with E-state index in [1.807, 2.05) is 24.3 Å². The van der Waals surface area contributed by atoms with E-state index in [4.69, 9.17) is 22.7 Å². The largest absolute Gasteiger partial charge is 0.459 e. The fraction of sp³-hybridized carbons (Fsp3) is 0.382. The van der Waals surface area contributed by atoms with Gasteiger partial charge in [-0.05, 0) is 68.1 Å². The standard InChI is InChI=1S/C34H35NO3S/c1-20-10-12-21(13-11-20)14-15-24-19-28(34(37)38-25-17-16-22-6-2-3-7-23(22)18-25)31(35)30-29(24)32(36)26-8-4-5-9-27(26)33(30)39/h4-5,8-13,19,22-23,25H,2-3,6-7,14-18,35H2,1H3. The summed E-state index contributed by atoms with van der Waals surface area (Å²) in [7, 11) is 0. The molecule has 0 bridgehead atoms. The summed E-state index contributed by atoms with van der Waals surface area (Å²) in [6, 6.07) is 17.6. The maximum Gasteiger partial charge on any atom is 0.340 e. The number of fused-ring (bicyclic) bond motifs is 3. The lowest BCUT2D eigenvalue weighted by Gasteiger charge is -2.38. The summed E-state index contributed by atoms with van der Waals surface area (Å²) in [5.74, 6) is 0.938. The molecule has 6 rings (SSSR count). The van der Waals surface area contributed by atoms with Crippen molar-refractivity contribution in [2.45, 2.75) is 70.8 Å². The fourth-order valence-corrected chi connectivity index (χ4v) is 7.34. The van der Waals surface area contributed by atoms with Crippen molar-refractivity contribution < 1.29 is 14.3 Å². The van der Waals surface area contributed by atoms with Crippen LogP contribution in [0.5, 0.6) is 0 Å². The van der Waals surface area contributed by atoms with Crippen LogP contribution in [0.1, 0.15) is 99.0 Å². The molecule has 2 fully saturated rings. The number of thiocarbonyl (C=S) groups is 1. The Balaban J connectivity index is 1.35. The first-order chi connectivity index (χ1) is 18.9. The van der Waals surface area contributed by atoms with Crippen LogP contribution in [-0.2, 0) is 17.6 Å². The molecule has 2 saturated carbocycles. The first kappa shape index (κ1) is 25.9. The van der Waals surface area contributed by atoms with Crippen molar-refractivity contribution in [1.82, 2.24) is 0 Å². The highest BCUT2D eigenvalue weighted by molar-refractivity contribution is 7.81. The van der Waals surface area contributed by atoms with E-state index in [1.165, 1.54) is 36.8 Å². The summed E-state index contributed by atoms with van der Waals surface area (Å²) in [6.45, 7) is 2.07. The molecule has 3 aromatic carbocycles. The van der Waals surface area contributed by atoms with Crippen molar-refractivity contribution in [3.8, 4) is 0 Å². The Morgan fingerprint density at radius 2 is 1.64 bits per heavy atom. The zero-order valence-electron chi connectivity index (χ0n) is 22.5. The Morgan fingerprint density at radius 3 is 2.41 bits per heavy atom. The highest BCUT2D eigenvalue weighted by Gasteiger charge is 2.36. The van der Waals surface area contributed by atoms with Gasteiger partial charge in [-0.1, -0.05) is 92.0 Å². The van der Waals surface area contributed by atoms with Crippen molar-refractivity contribution in [2.24, 2.45) is 11.8 Å². The predicted octanol–water partition coefficient (Wildman–Crippen LogP) is 7.19. The first-order valence-corrected chi connectivity index (χ1v) is 14.7. The third-order valence-electron chi connectivity index (χ3n) is 9.11. The molecule has 3 aromatic rings. The van der Waals surface area contributed by atoms with Crippen molar-refractivity contribution >= 4 is 34.5 Å². The molecule has 0 radical (unpaired) electrons. The van der Waals surface area contributed by atoms with E-state index in [9.17, 15) is 9.59 Å². The van der Waals surface area contributed by atoms with Crippen LogP contribution in [0.3, 0.4) is 0 Å². The Hall–Kier alpha value is -3.31. The molecule has 3 aliphatic rings. The van der Waals surface area contributed by atoms with Crippen LogP contribution in [0.25, 0.3) is 0 Å². The molecule has 4 nitrogen and oxygen atoms in total. The second-order valence-corrected chi connectivity index (χ2v) is 12.0. The summed E-state index contributed by atoms with van der Waals surface area (Å²) in [6.07, 6.45) is 9.35. The van der Waals surface area contributed by atoms with E-state index in [-0.39, 0.29) is 17.6 Å². The number of hydrogen-bond acceptors (Lipinski definition) is 5. The van der Waals surface area contributed by atoms with Crippen molar-refractivity contribution in [1.29, 1.82) is 0 Å². The molecule has 5 heteroatoms. The van der Waals surface area contributed by atoms with E-state index in [1.54, 1.807) is 6.07 Å². The van der Waals surface area contributed by atoms with Gasteiger partial charge < -0.3 is 10.5 Å². The Morgan fingerprint density at radius 1 is 0.923 bits per heavy atom. The van der Waals surface area contributed by atoms with Crippen LogP contribution in [0.2, 0.25) is 0 Å². The summed E-state index contributed by atoms with van der Waals surface area (Å²) in [5.41, 5.74) is 12.8. The molecule has 2 N–H and O–H groups in total. The molecule has 200 valence electrons. The van der Waals surface area contributed by atoms with Gasteiger partial charge in [0.15, 0.2) is 5.78 Å². The third kappa shape index (κ3) is 4.93. The van der Waals surface area contributed by atoms with Gasteiger partial charge in [-0.3, -0.25) is 4.79 Å². The number of carbonyl (C=O) groups excluding carboxylic acids is 2. The molecule has 0 amide bonds. The van der Waals surface area contributed by atoms with Crippen LogP contribution < -0.4 is 5.73 Å². The van der Waals surface area contributed by atoms with Gasteiger partial charge in [0.2, 0.25) is 0 Å². The summed E-state index contributed by atoms with van der Waals surface area (Å²) in [4.78, 5) is 28.0. The van der Waals surface area contributed by atoms with Crippen LogP contribution in [0.15, 0.2) is 54.6 Å². The summed E-state index contributed by atoms with van der Waals surface area (Å²) >= 11 is 5.89. The lowest BCUT2D eigenvalue weighted by molar-refractivity contribution is -0.000848. The average Bonchev–Trinajstić information content (AvgIpc) is 2.95. The maximum absolute atomic E-state index is 13.8. The van der Waals surface area contributed by atoms with Gasteiger partial charge in [0.05, 0.1) is 16.1 Å². The van der Waals surface area contributed by atoms with E-state index in [0.29, 0.717) is 45.0 Å². The van der Waals surface area contributed by atoms with Crippen LogP contribution >= 0.6 is 12.2 Å². The Labute approximate surface area is 236 Å². The Kier molecular flexibility index (Phi) is 7.11. The zero-order chi connectivity index (χ0) is 27.1. The molecule has 3 atom stereocenters. The highest BCUT2D eigenvalue weighted by Crippen LogP contribution is 2.42. The number of anilines is 1. The number of aryl methyl sites for hydroxylation is 3. The smallest absolute Gasteiger partial charge is 0.340 e. The van der Waals surface area contributed by atoms with Gasteiger partial charge in [-0.15, -0.1) is 0 Å². The van der Waals surface area contributed by atoms with Gasteiger partial charge in [-0.2, -0.15) is 0 Å². The third-order valence-corrected chi connectivity index (χ3v) is 9.53. The molecule has 0 saturated heterocycles. The number of benzene rings is 3. The van der Waals surface area contributed by atoms with Gasteiger partial charge in [0, 0.05) is 22.3 Å². The van der Waals surface area contributed by atoms with E-state index >= 15 is 0 Å². The normalized spacial score (nSPS) is 22.0. The molecule has 3 aliphatic carbocycles. The minimum absolute atomic E-state index is 0.0856. The predicted molar refractivity (Wildman–Crippen MR) is 159 cm³/mol. The van der Waals surface area contributed by atoms with Crippen LogP contribution in [0.4, 0.5) is 5.69 Å². The number of nitrogen functional groups attached to an aromatic ring is 1. The maximum atomic E-state index is 13.8. The number of carbonyl (C=O) groups is 2. The number of rotatable bonds is 5. The summed E-state index contributed by atoms with van der Waals surface area (Å²) < 4.78 is 6.11. The Bertz CT molecular complexity index is 1460.